The van der Waals surface area contributed by atoms with Crippen molar-refractivity contribution in [3.63, 3.8) is 0 Å². The first-order valence-electron chi connectivity index (χ1n) is 6.57. The van der Waals surface area contributed by atoms with E-state index in [9.17, 15) is 9.90 Å². The minimum Gasteiger partial charge on any atom is -0.477 e. The van der Waals surface area contributed by atoms with Crippen LogP contribution in [0.15, 0.2) is 42.5 Å². The highest BCUT2D eigenvalue weighted by molar-refractivity contribution is 6.30. The van der Waals surface area contributed by atoms with Gasteiger partial charge < -0.3 is 9.67 Å². The summed E-state index contributed by atoms with van der Waals surface area (Å²) in [5.41, 5.74) is 3.88. The van der Waals surface area contributed by atoms with Gasteiger partial charge in [-0.1, -0.05) is 35.4 Å². The monoisotopic (exact) mass is 299 g/mol. The van der Waals surface area contributed by atoms with Crippen molar-refractivity contribution in [1.82, 2.24) is 4.57 Å². The van der Waals surface area contributed by atoms with E-state index in [2.05, 4.69) is 0 Å². The van der Waals surface area contributed by atoms with Crippen LogP contribution >= 0.6 is 11.6 Å². The maximum Gasteiger partial charge on any atom is 0.353 e. The number of halogens is 1. The van der Waals surface area contributed by atoms with Crippen LogP contribution < -0.4 is 0 Å². The zero-order valence-corrected chi connectivity index (χ0v) is 12.5. The van der Waals surface area contributed by atoms with Gasteiger partial charge in [-0.3, -0.25) is 0 Å². The van der Waals surface area contributed by atoms with Crippen LogP contribution in [-0.2, 0) is 7.05 Å². The molecular weight excluding hydrogens is 286 g/mol. The molecule has 0 radical (unpaired) electrons. The summed E-state index contributed by atoms with van der Waals surface area (Å²) in [5, 5.41) is 11.2. The lowest BCUT2D eigenvalue weighted by atomic mass is 10.0. The van der Waals surface area contributed by atoms with Gasteiger partial charge in [0.2, 0.25) is 0 Å². The second-order valence-electron chi connectivity index (χ2n) is 5.12. The van der Waals surface area contributed by atoms with E-state index < -0.39 is 5.97 Å². The quantitative estimate of drug-likeness (QED) is 0.756. The Labute approximate surface area is 127 Å². The second kappa shape index (κ2) is 4.93. The third kappa shape index (κ3) is 2.20. The van der Waals surface area contributed by atoms with Crippen molar-refractivity contribution in [2.45, 2.75) is 6.92 Å². The lowest BCUT2D eigenvalue weighted by Crippen LogP contribution is -2.05. The number of carboxylic acids is 1. The molecule has 2 aromatic carbocycles. The topological polar surface area (TPSA) is 42.2 Å². The van der Waals surface area contributed by atoms with Crippen LogP contribution in [0.4, 0.5) is 0 Å². The highest BCUT2D eigenvalue weighted by Crippen LogP contribution is 2.35. The van der Waals surface area contributed by atoms with Gasteiger partial charge in [0.15, 0.2) is 0 Å². The highest BCUT2D eigenvalue weighted by atomic mass is 35.5. The van der Waals surface area contributed by atoms with E-state index in [0.717, 1.165) is 27.6 Å². The summed E-state index contributed by atoms with van der Waals surface area (Å²) in [6, 6.07) is 13.2. The lowest BCUT2D eigenvalue weighted by Gasteiger charge is -2.04. The molecule has 0 unspecified atom stereocenters. The molecule has 106 valence electrons. The molecule has 0 fully saturated rings. The van der Waals surface area contributed by atoms with Crippen molar-refractivity contribution in [1.29, 1.82) is 0 Å². The molecule has 0 saturated carbocycles. The Morgan fingerprint density at radius 3 is 2.43 bits per heavy atom. The van der Waals surface area contributed by atoms with E-state index in [-0.39, 0.29) is 5.69 Å². The van der Waals surface area contributed by atoms with E-state index in [1.807, 2.05) is 37.3 Å². The Bertz CT molecular complexity index is 847. The molecule has 0 amide bonds. The Balaban J connectivity index is 2.43. The summed E-state index contributed by atoms with van der Waals surface area (Å²) in [7, 11) is 1.78. The minimum atomic E-state index is -0.934. The molecular formula is C17H14ClNO2. The van der Waals surface area contributed by atoms with Crippen LogP contribution in [0.5, 0.6) is 0 Å². The number of aromatic carboxylic acids is 1. The van der Waals surface area contributed by atoms with Gasteiger partial charge >= 0.3 is 5.97 Å². The van der Waals surface area contributed by atoms with E-state index in [1.54, 1.807) is 23.7 Å². The van der Waals surface area contributed by atoms with E-state index in [1.165, 1.54) is 0 Å². The molecule has 0 aliphatic carbocycles. The van der Waals surface area contributed by atoms with Gasteiger partial charge in [0.1, 0.15) is 5.69 Å². The number of nitrogens with zero attached hydrogens (tertiary/aromatic N) is 1. The summed E-state index contributed by atoms with van der Waals surface area (Å²) < 4.78 is 1.72. The van der Waals surface area contributed by atoms with Gasteiger partial charge in [-0.05, 0) is 36.8 Å². The summed E-state index contributed by atoms with van der Waals surface area (Å²) in [5.74, 6) is -0.934. The van der Waals surface area contributed by atoms with Crippen molar-refractivity contribution < 1.29 is 9.90 Å². The Hall–Kier alpha value is -2.26. The van der Waals surface area contributed by atoms with E-state index in [4.69, 9.17) is 11.6 Å². The Morgan fingerprint density at radius 2 is 1.81 bits per heavy atom. The number of fused-ring (bicyclic) bond motifs is 1. The number of rotatable bonds is 2. The molecule has 4 heteroatoms. The summed E-state index contributed by atoms with van der Waals surface area (Å²) in [4.78, 5) is 11.7. The smallest absolute Gasteiger partial charge is 0.353 e. The third-order valence-corrected chi connectivity index (χ3v) is 3.94. The molecule has 3 nitrogen and oxygen atoms in total. The number of aromatic nitrogens is 1. The number of hydrogen-bond donors (Lipinski definition) is 1. The van der Waals surface area contributed by atoms with Gasteiger partial charge in [0, 0.05) is 28.5 Å². The number of carbonyl (C=O) groups is 1. The molecule has 3 aromatic rings. The van der Waals surface area contributed by atoms with Crippen LogP contribution in [0.25, 0.3) is 22.0 Å². The highest BCUT2D eigenvalue weighted by Gasteiger charge is 2.21. The predicted octanol–water partition coefficient (Wildman–Crippen LogP) is 4.51. The van der Waals surface area contributed by atoms with Crippen molar-refractivity contribution in [2.24, 2.45) is 7.05 Å². The van der Waals surface area contributed by atoms with Crippen LogP contribution in [0, 0.1) is 6.92 Å². The molecule has 1 aromatic heterocycles. The first kappa shape index (κ1) is 13.7. The molecule has 0 aliphatic heterocycles. The van der Waals surface area contributed by atoms with Gasteiger partial charge in [-0.25, -0.2) is 4.79 Å². The fourth-order valence-electron chi connectivity index (χ4n) is 2.72. The number of benzene rings is 2. The Kier molecular flexibility index (Phi) is 3.22. The summed E-state index contributed by atoms with van der Waals surface area (Å²) in [6.07, 6.45) is 0. The fourth-order valence-corrected chi connectivity index (χ4v) is 2.84. The molecule has 0 aliphatic rings. The maximum atomic E-state index is 11.7. The van der Waals surface area contributed by atoms with E-state index in [0.29, 0.717) is 5.02 Å². The largest absolute Gasteiger partial charge is 0.477 e. The van der Waals surface area contributed by atoms with Crippen LogP contribution in [0.1, 0.15) is 16.1 Å². The summed E-state index contributed by atoms with van der Waals surface area (Å²) in [6.45, 7) is 2.00. The minimum absolute atomic E-state index is 0.290. The zero-order valence-electron chi connectivity index (χ0n) is 11.7. The van der Waals surface area contributed by atoms with Crippen molar-refractivity contribution in [3.8, 4) is 11.1 Å². The lowest BCUT2D eigenvalue weighted by molar-refractivity contribution is 0.0688. The molecule has 21 heavy (non-hydrogen) atoms. The molecule has 0 spiro atoms. The molecule has 0 saturated heterocycles. The molecule has 1 heterocycles. The van der Waals surface area contributed by atoms with Crippen LogP contribution in [0.2, 0.25) is 5.02 Å². The molecule has 3 rings (SSSR count). The number of aryl methyl sites for hydroxylation is 2. The van der Waals surface area contributed by atoms with Crippen LogP contribution in [0.3, 0.4) is 0 Å². The first-order chi connectivity index (χ1) is 9.99. The number of hydrogen-bond acceptors (Lipinski definition) is 1. The van der Waals surface area contributed by atoms with Crippen molar-refractivity contribution in [3.05, 3.63) is 58.7 Å². The van der Waals surface area contributed by atoms with Gasteiger partial charge in [-0.2, -0.15) is 0 Å². The second-order valence-corrected chi connectivity index (χ2v) is 5.55. The van der Waals surface area contributed by atoms with E-state index >= 15 is 0 Å². The molecule has 0 atom stereocenters. The van der Waals surface area contributed by atoms with Crippen molar-refractivity contribution in [2.75, 3.05) is 0 Å². The van der Waals surface area contributed by atoms with Gasteiger partial charge in [-0.15, -0.1) is 0 Å². The third-order valence-electron chi connectivity index (χ3n) is 3.69. The molecule has 1 N–H and O–H groups in total. The maximum absolute atomic E-state index is 11.7. The Morgan fingerprint density at radius 1 is 1.14 bits per heavy atom. The van der Waals surface area contributed by atoms with Crippen molar-refractivity contribution >= 4 is 28.5 Å². The fraction of sp³-hybridized carbons (Fsp3) is 0.118. The first-order valence-corrected chi connectivity index (χ1v) is 6.95. The van der Waals surface area contributed by atoms with Gasteiger partial charge in [0.25, 0.3) is 0 Å². The normalized spacial score (nSPS) is 11.0. The average molecular weight is 300 g/mol. The number of carboxylic acid groups (broad SMARTS) is 1. The van der Waals surface area contributed by atoms with Gasteiger partial charge in [0.05, 0.1) is 0 Å². The zero-order chi connectivity index (χ0) is 15.1. The molecule has 0 bridgehead atoms. The SMILES string of the molecule is Cc1ccc2c(c1)c(-c1ccc(Cl)cc1)c(C(=O)O)n2C. The average Bonchev–Trinajstić information content (AvgIpc) is 2.72. The van der Waals surface area contributed by atoms with Crippen LogP contribution in [-0.4, -0.2) is 15.6 Å². The summed E-state index contributed by atoms with van der Waals surface area (Å²) >= 11 is 5.93. The standard InChI is InChI=1S/C17H14ClNO2/c1-10-3-8-14-13(9-10)15(16(17(20)21)19(14)2)11-4-6-12(18)7-5-11/h3-9H,1-2H3,(H,20,21). The predicted molar refractivity (Wildman–Crippen MR) is 85.1 cm³/mol.